The summed E-state index contributed by atoms with van der Waals surface area (Å²) in [7, 11) is 0. The topological polar surface area (TPSA) is 55.1 Å². The van der Waals surface area contributed by atoms with Gasteiger partial charge in [-0.1, -0.05) is 19.8 Å². The number of hydrogen-bond acceptors (Lipinski definition) is 2. The maximum Gasteiger partial charge on any atom is 0.244 e. The third-order valence-electron chi connectivity index (χ3n) is 3.66. The summed E-state index contributed by atoms with van der Waals surface area (Å²) in [5.74, 6) is -0.00323. The van der Waals surface area contributed by atoms with Crippen molar-refractivity contribution in [1.82, 2.24) is 0 Å². The number of carbonyl (C=O) groups is 1. The van der Waals surface area contributed by atoms with Gasteiger partial charge in [-0.15, -0.1) is 0 Å². The van der Waals surface area contributed by atoms with E-state index in [0.717, 1.165) is 12.8 Å². The van der Waals surface area contributed by atoms with Gasteiger partial charge in [0.15, 0.2) is 0 Å². The van der Waals surface area contributed by atoms with Crippen molar-refractivity contribution in [2.75, 3.05) is 5.32 Å². The van der Waals surface area contributed by atoms with Crippen LogP contribution in [0.5, 0.6) is 0 Å². The van der Waals surface area contributed by atoms with Gasteiger partial charge in [-0.05, 0) is 59.5 Å². The highest BCUT2D eigenvalue weighted by molar-refractivity contribution is 14.1. The standard InChI is InChI=1S/C14H18FIN2O/c1-9-3-2-6-14(17,8-9)13(19)18-12-5-4-10(15)7-11(12)16/h4-5,7,9H,2-3,6,8,17H2,1H3,(H,18,19). The molecule has 2 atom stereocenters. The van der Waals surface area contributed by atoms with Crippen molar-refractivity contribution >= 4 is 34.2 Å². The molecule has 1 aliphatic rings. The normalized spacial score (nSPS) is 27.1. The fourth-order valence-electron chi connectivity index (χ4n) is 2.64. The first-order valence-corrected chi connectivity index (χ1v) is 7.54. The SMILES string of the molecule is CC1CCCC(N)(C(=O)Nc2ccc(F)cc2I)C1. The van der Waals surface area contributed by atoms with Gasteiger partial charge in [0.1, 0.15) is 5.82 Å². The first-order valence-electron chi connectivity index (χ1n) is 6.46. The van der Waals surface area contributed by atoms with Gasteiger partial charge in [-0.2, -0.15) is 0 Å². The molecule has 0 spiro atoms. The third kappa shape index (κ3) is 3.45. The molecule has 3 nitrogen and oxygen atoms in total. The Hall–Kier alpha value is -0.690. The largest absolute Gasteiger partial charge is 0.324 e. The van der Waals surface area contributed by atoms with E-state index in [2.05, 4.69) is 12.2 Å². The minimum absolute atomic E-state index is 0.163. The van der Waals surface area contributed by atoms with Crippen LogP contribution in [-0.4, -0.2) is 11.4 Å². The monoisotopic (exact) mass is 376 g/mol. The average Bonchev–Trinajstić information content (AvgIpc) is 2.32. The lowest BCUT2D eigenvalue weighted by Gasteiger charge is -2.35. The second-order valence-electron chi connectivity index (χ2n) is 5.44. The maximum atomic E-state index is 13.0. The Morgan fingerprint density at radius 2 is 2.32 bits per heavy atom. The van der Waals surface area contributed by atoms with E-state index in [-0.39, 0.29) is 11.7 Å². The Balaban J connectivity index is 2.12. The highest BCUT2D eigenvalue weighted by Crippen LogP contribution is 2.31. The Bertz CT molecular complexity index is 494. The summed E-state index contributed by atoms with van der Waals surface area (Å²) in [5, 5.41) is 2.83. The van der Waals surface area contributed by atoms with Gasteiger partial charge in [0.25, 0.3) is 0 Å². The summed E-state index contributed by atoms with van der Waals surface area (Å²) in [5.41, 5.74) is 6.06. The van der Waals surface area contributed by atoms with Crippen LogP contribution >= 0.6 is 22.6 Å². The first-order chi connectivity index (χ1) is 8.90. The van der Waals surface area contributed by atoms with E-state index in [9.17, 15) is 9.18 Å². The minimum Gasteiger partial charge on any atom is -0.324 e. The number of hydrogen-bond donors (Lipinski definition) is 2. The number of carbonyl (C=O) groups excluding carboxylic acids is 1. The predicted molar refractivity (Wildman–Crippen MR) is 82.3 cm³/mol. The fraction of sp³-hybridized carbons (Fsp3) is 0.500. The molecule has 0 heterocycles. The van der Waals surface area contributed by atoms with Gasteiger partial charge in [-0.25, -0.2) is 4.39 Å². The minimum atomic E-state index is -0.796. The Kier molecular flexibility index (Phi) is 4.45. The molecule has 1 saturated carbocycles. The lowest BCUT2D eigenvalue weighted by Crippen LogP contribution is -2.53. The van der Waals surface area contributed by atoms with Gasteiger partial charge in [-0.3, -0.25) is 4.79 Å². The van der Waals surface area contributed by atoms with Crippen molar-refractivity contribution in [2.45, 2.75) is 38.1 Å². The molecular weight excluding hydrogens is 358 g/mol. The van der Waals surface area contributed by atoms with Gasteiger partial charge in [0.05, 0.1) is 11.2 Å². The van der Waals surface area contributed by atoms with Crippen LogP contribution < -0.4 is 11.1 Å². The number of benzene rings is 1. The van der Waals surface area contributed by atoms with Crippen molar-refractivity contribution in [1.29, 1.82) is 0 Å². The highest BCUT2D eigenvalue weighted by atomic mass is 127. The van der Waals surface area contributed by atoms with Crippen LogP contribution in [-0.2, 0) is 4.79 Å². The molecule has 0 aliphatic heterocycles. The summed E-state index contributed by atoms with van der Waals surface area (Å²) in [4.78, 5) is 12.3. The lowest BCUT2D eigenvalue weighted by atomic mass is 9.76. The second kappa shape index (κ2) is 5.75. The van der Waals surface area contributed by atoms with E-state index in [4.69, 9.17) is 5.73 Å². The Labute approximate surface area is 126 Å². The van der Waals surface area contributed by atoms with Crippen molar-refractivity contribution < 1.29 is 9.18 Å². The Morgan fingerprint density at radius 1 is 1.58 bits per heavy atom. The van der Waals surface area contributed by atoms with Crippen LogP contribution in [0.25, 0.3) is 0 Å². The van der Waals surface area contributed by atoms with Crippen LogP contribution in [0.1, 0.15) is 32.6 Å². The average molecular weight is 376 g/mol. The van der Waals surface area contributed by atoms with Gasteiger partial charge >= 0.3 is 0 Å². The molecule has 1 aromatic carbocycles. The third-order valence-corrected chi connectivity index (χ3v) is 4.56. The van der Waals surface area contributed by atoms with E-state index in [1.165, 1.54) is 12.1 Å². The zero-order valence-corrected chi connectivity index (χ0v) is 13.0. The molecule has 0 aromatic heterocycles. The molecule has 1 aliphatic carbocycles. The molecule has 0 saturated heterocycles. The number of halogens is 2. The zero-order chi connectivity index (χ0) is 14.0. The Morgan fingerprint density at radius 3 is 2.95 bits per heavy atom. The molecule has 0 radical (unpaired) electrons. The molecule has 1 amide bonds. The van der Waals surface area contributed by atoms with E-state index in [1.54, 1.807) is 6.07 Å². The van der Waals surface area contributed by atoms with Crippen LogP contribution in [0.4, 0.5) is 10.1 Å². The molecule has 104 valence electrons. The van der Waals surface area contributed by atoms with E-state index < -0.39 is 5.54 Å². The van der Waals surface area contributed by atoms with Crippen molar-refractivity contribution in [3.05, 3.63) is 27.6 Å². The summed E-state index contributed by atoms with van der Waals surface area (Å²) >= 11 is 2.00. The zero-order valence-electron chi connectivity index (χ0n) is 10.9. The molecule has 0 bridgehead atoms. The molecule has 1 aromatic rings. The van der Waals surface area contributed by atoms with Crippen LogP contribution in [0, 0.1) is 15.3 Å². The molecule has 19 heavy (non-hydrogen) atoms. The summed E-state index contributed by atoms with van der Waals surface area (Å²) in [6.07, 6.45) is 3.52. The van der Waals surface area contributed by atoms with Gasteiger partial charge < -0.3 is 11.1 Å². The van der Waals surface area contributed by atoms with Crippen molar-refractivity contribution in [3.8, 4) is 0 Å². The summed E-state index contributed by atoms with van der Waals surface area (Å²) in [6.45, 7) is 2.12. The fourth-order valence-corrected chi connectivity index (χ4v) is 3.25. The second-order valence-corrected chi connectivity index (χ2v) is 6.60. The summed E-state index contributed by atoms with van der Waals surface area (Å²) in [6, 6.07) is 4.30. The summed E-state index contributed by atoms with van der Waals surface area (Å²) < 4.78 is 13.7. The van der Waals surface area contributed by atoms with Crippen molar-refractivity contribution in [3.63, 3.8) is 0 Å². The van der Waals surface area contributed by atoms with Crippen LogP contribution in [0.3, 0.4) is 0 Å². The molecular formula is C14H18FIN2O. The van der Waals surface area contributed by atoms with E-state index in [1.807, 2.05) is 22.6 Å². The molecule has 2 rings (SSSR count). The first kappa shape index (κ1) is 14.7. The number of amides is 1. The smallest absolute Gasteiger partial charge is 0.244 e. The molecule has 1 fully saturated rings. The number of nitrogens with one attached hydrogen (secondary N) is 1. The molecule has 5 heteroatoms. The van der Waals surface area contributed by atoms with Crippen LogP contribution in [0.15, 0.2) is 18.2 Å². The van der Waals surface area contributed by atoms with E-state index in [0.29, 0.717) is 28.0 Å². The number of rotatable bonds is 2. The highest BCUT2D eigenvalue weighted by Gasteiger charge is 2.38. The molecule has 3 N–H and O–H groups in total. The van der Waals surface area contributed by atoms with Gasteiger partial charge in [0, 0.05) is 3.57 Å². The van der Waals surface area contributed by atoms with Crippen LogP contribution in [0.2, 0.25) is 0 Å². The maximum absolute atomic E-state index is 13.0. The predicted octanol–water partition coefficient (Wildman–Crippen LogP) is 3.28. The van der Waals surface area contributed by atoms with E-state index >= 15 is 0 Å². The van der Waals surface area contributed by atoms with Crippen molar-refractivity contribution in [2.24, 2.45) is 11.7 Å². The quantitative estimate of drug-likeness (QED) is 0.779. The molecule has 2 unspecified atom stereocenters. The number of anilines is 1. The number of nitrogens with two attached hydrogens (primary N) is 1. The van der Waals surface area contributed by atoms with Gasteiger partial charge in [0.2, 0.25) is 5.91 Å². The lowest BCUT2D eigenvalue weighted by molar-refractivity contribution is -0.122.